The molecule has 1 aromatic rings. The molecule has 0 N–H and O–H groups in total. The van der Waals surface area contributed by atoms with Crippen LogP contribution in [0.15, 0.2) is 18.2 Å². The van der Waals surface area contributed by atoms with E-state index in [4.69, 9.17) is 11.6 Å². The monoisotopic (exact) mass is 305 g/mol. The van der Waals surface area contributed by atoms with E-state index in [2.05, 4.69) is 20.8 Å². The number of benzene rings is 1. The third kappa shape index (κ3) is 2.96. The minimum Gasteiger partial charge on any atom is -0.299 e. The second-order valence-corrected chi connectivity index (χ2v) is 5.85. The second kappa shape index (κ2) is 5.48. The molecule has 88 valence electrons. The standard InChI is InChI=1S/C12H14BrClFN/c13-9-4-6-16(7-5-9)8-10-11(14)2-1-3-12(10)15/h1-3,9H,4-8H2. The maximum atomic E-state index is 13.6. The third-order valence-corrected chi connectivity index (χ3v) is 4.23. The lowest BCUT2D eigenvalue weighted by atomic mass is 10.1. The number of nitrogens with zero attached hydrogens (tertiary/aromatic N) is 1. The summed E-state index contributed by atoms with van der Waals surface area (Å²) in [6.07, 6.45) is 2.23. The molecule has 0 saturated carbocycles. The Hall–Kier alpha value is -0.120. The van der Waals surface area contributed by atoms with Gasteiger partial charge in [-0.15, -0.1) is 0 Å². The van der Waals surface area contributed by atoms with Crippen molar-refractivity contribution in [3.63, 3.8) is 0 Å². The largest absolute Gasteiger partial charge is 0.299 e. The van der Waals surface area contributed by atoms with Crippen molar-refractivity contribution in [2.45, 2.75) is 24.2 Å². The van der Waals surface area contributed by atoms with Crippen LogP contribution in [-0.2, 0) is 6.54 Å². The minimum absolute atomic E-state index is 0.200. The first kappa shape index (κ1) is 12.3. The minimum atomic E-state index is -0.200. The van der Waals surface area contributed by atoms with E-state index >= 15 is 0 Å². The summed E-state index contributed by atoms with van der Waals surface area (Å²) in [5, 5.41) is 0.529. The maximum Gasteiger partial charge on any atom is 0.129 e. The number of rotatable bonds is 2. The SMILES string of the molecule is Fc1cccc(Cl)c1CN1CCC(Br)CC1. The van der Waals surface area contributed by atoms with Gasteiger partial charge in [0.25, 0.3) is 0 Å². The van der Waals surface area contributed by atoms with Crippen LogP contribution in [0.2, 0.25) is 5.02 Å². The van der Waals surface area contributed by atoms with Crippen LogP contribution in [0.5, 0.6) is 0 Å². The lowest BCUT2D eigenvalue weighted by Crippen LogP contribution is -2.33. The Labute approximate surface area is 109 Å². The smallest absolute Gasteiger partial charge is 0.129 e. The van der Waals surface area contributed by atoms with E-state index in [0.717, 1.165) is 25.9 Å². The first-order valence-electron chi connectivity index (χ1n) is 5.46. The molecule has 0 amide bonds. The first-order valence-corrected chi connectivity index (χ1v) is 6.75. The molecular weight excluding hydrogens is 292 g/mol. The summed E-state index contributed by atoms with van der Waals surface area (Å²) in [4.78, 5) is 2.86. The van der Waals surface area contributed by atoms with Crippen LogP contribution in [0.3, 0.4) is 0 Å². The van der Waals surface area contributed by atoms with Crippen LogP contribution in [0.1, 0.15) is 18.4 Å². The molecule has 0 spiro atoms. The van der Waals surface area contributed by atoms with Crippen LogP contribution >= 0.6 is 27.5 Å². The van der Waals surface area contributed by atoms with E-state index in [1.54, 1.807) is 12.1 Å². The van der Waals surface area contributed by atoms with E-state index in [9.17, 15) is 4.39 Å². The lowest BCUT2D eigenvalue weighted by Gasteiger charge is -2.29. The van der Waals surface area contributed by atoms with Gasteiger partial charge in [0.1, 0.15) is 5.82 Å². The zero-order valence-electron chi connectivity index (χ0n) is 8.93. The molecule has 1 nitrogen and oxygen atoms in total. The van der Waals surface area contributed by atoms with Gasteiger partial charge in [-0.2, -0.15) is 0 Å². The van der Waals surface area contributed by atoms with Gasteiger partial charge in [-0.25, -0.2) is 4.39 Å². The fraction of sp³-hybridized carbons (Fsp3) is 0.500. The highest BCUT2D eigenvalue weighted by Crippen LogP contribution is 2.24. The fourth-order valence-corrected chi connectivity index (χ4v) is 2.60. The molecule has 1 aromatic carbocycles. The van der Waals surface area contributed by atoms with Crippen molar-refractivity contribution >= 4 is 27.5 Å². The maximum absolute atomic E-state index is 13.6. The topological polar surface area (TPSA) is 3.24 Å². The van der Waals surface area contributed by atoms with Crippen molar-refractivity contribution in [2.24, 2.45) is 0 Å². The third-order valence-electron chi connectivity index (χ3n) is 2.96. The van der Waals surface area contributed by atoms with Gasteiger partial charge < -0.3 is 0 Å². The number of alkyl halides is 1. The second-order valence-electron chi connectivity index (χ2n) is 4.15. The zero-order chi connectivity index (χ0) is 11.5. The Morgan fingerprint density at radius 3 is 2.69 bits per heavy atom. The van der Waals surface area contributed by atoms with Crippen LogP contribution in [0.4, 0.5) is 4.39 Å². The van der Waals surface area contributed by atoms with Crippen molar-refractivity contribution in [3.05, 3.63) is 34.6 Å². The number of likely N-dealkylation sites (tertiary alicyclic amines) is 1. The molecule has 1 aliphatic rings. The quantitative estimate of drug-likeness (QED) is 0.751. The molecule has 0 bridgehead atoms. The molecule has 0 radical (unpaired) electrons. The van der Waals surface area contributed by atoms with Crippen LogP contribution < -0.4 is 0 Å². The van der Waals surface area contributed by atoms with E-state index in [0.29, 0.717) is 22.0 Å². The van der Waals surface area contributed by atoms with Crippen LogP contribution in [0.25, 0.3) is 0 Å². The lowest BCUT2D eigenvalue weighted by molar-refractivity contribution is 0.223. The van der Waals surface area contributed by atoms with Gasteiger partial charge in [0, 0.05) is 22.0 Å². The molecule has 1 saturated heterocycles. The van der Waals surface area contributed by atoms with Gasteiger partial charge in [0.2, 0.25) is 0 Å². The predicted octanol–water partition coefficient (Wildman–Crippen LogP) is 3.84. The van der Waals surface area contributed by atoms with Crippen molar-refractivity contribution in [2.75, 3.05) is 13.1 Å². The molecule has 2 rings (SSSR count). The van der Waals surface area contributed by atoms with E-state index in [1.165, 1.54) is 6.07 Å². The molecule has 0 unspecified atom stereocenters. The number of halogens is 3. The molecule has 1 fully saturated rings. The van der Waals surface area contributed by atoms with E-state index in [1.807, 2.05) is 0 Å². The molecule has 16 heavy (non-hydrogen) atoms. The number of piperidine rings is 1. The van der Waals surface area contributed by atoms with E-state index in [-0.39, 0.29) is 5.82 Å². The van der Waals surface area contributed by atoms with Crippen LogP contribution in [0, 0.1) is 5.82 Å². The normalized spacial score (nSPS) is 18.9. The van der Waals surface area contributed by atoms with E-state index < -0.39 is 0 Å². The van der Waals surface area contributed by atoms with Crippen LogP contribution in [-0.4, -0.2) is 22.8 Å². The van der Waals surface area contributed by atoms with Crippen molar-refractivity contribution in [3.8, 4) is 0 Å². The van der Waals surface area contributed by atoms with Gasteiger partial charge in [-0.1, -0.05) is 33.6 Å². The summed E-state index contributed by atoms with van der Waals surface area (Å²) >= 11 is 9.60. The highest BCUT2D eigenvalue weighted by atomic mass is 79.9. The molecule has 0 atom stereocenters. The van der Waals surface area contributed by atoms with Gasteiger partial charge in [0.15, 0.2) is 0 Å². The predicted molar refractivity (Wildman–Crippen MR) is 68.6 cm³/mol. The van der Waals surface area contributed by atoms with Gasteiger partial charge in [-0.3, -0.25) is 4.90 Å². The zero-order valence-corrected chi connectivity index (χ0v) is 11.3. The van der Waals surface area contributed by atoms with Crippen molar-refractivity contribution < 1.29 is 4.39 Å². The summed E-state index contributed by atoms with van der Waals surface area (Å²) < 4.78 is 13.6. The summed E-state index contributed by atoms with van der Waals surface area (Å²) in [6.45, 7) is 2.62. The molecule has 0 aliphatic carbocycles. The summed E-state index contributed by atoms with van der Waals surface area (Å²) in [5.41, 5.74) is 0.622. The molecule has 1 heterocycles. The fourth-order valence-electron chi connectivity index (χ4n) is 1.97. The Morgan fingerprint density at radius 2 is 2.06 bits per heavy atom. The molecule has 0 aromatic heterocycles. The average molecular weight is 307 g/mol. The Morgan fingerprint density at radius 1 is 1.38 bits per heavy atom. The molecule has 1 aliphatic heterocycles. The molecule has 4 heteroatoms. The van der Waals surface area contributed by atoms with Gasteiger partial charge >= 0.3 is 0 Å². The molecular formula is C12H14BrClFN. The summed E-state index contributed by atoms with van der Waals surface area (Å²) in [5.74, 6) is -0.200. The van der Waals surface area contributed by atoms with Gasteiger partial charge in [-0.05, 0) is 38.1 Å². The van der Waals surface area contributed by atoms with Crippen molar-refractivity contribution in [1.29, 1.82) is 0 Å². The highest BCUT2D eigenvalue weighted by Gasteiger charge is 2.18. The Balaban J connectivity index is 2.04. The summed E-state index contributed by atoms with van der Waals surface area (Å²) in [7, 11) is 0. The highest BCUT2D eigenvalue weighted by molar-refractivity contribution is 9.09. The Kier molecular flexibility index (Phi) is 4.22. The Bertz CT molecular complexity index is 344. The first-order chi connectivity index (χ1) is 7.66. The number of hydrogen-bond acceptors (Lipinski definition) is 1. The number of hydrogen-bond donors (Lipinski definition) is 0. The summed E-state index contributed by atoms with van der Waals surface area (Å²) in [6, 6.07) is 4.86. The van der Waals surface area contributed by atoms with Crippen molar-refractivity contribution in [1.82, 2.24) is 4.90 Å². The van der Waals surface area contributed by atoms with Gasteiger partial charge in [0.05, 0.1) is 0 Å². The average Bonchev–Trinajstić information content (AvgIpc) is 2.26.